The van der Waals surface area contributed by atoms with Crippen molar-refractivity contribution in [3.05, 3.63) is 157 Å². The fraction of sp³-hybridized carbons (Fsp3) is 0. The van der Waals surface area contributed by atoms with E-state index in [1.54, 1.807) is 23.9 Å². The molecule has 2 heterocycles. The van der Waals surface area contributed by atoms with E-state index in [0.717, 1.165) is 41.0 Å². The van der Waals surface area contributed by atoms with Crippen LogP contribution in [0.1, 0.15) is 11.3 Å². The zero-order valence-electron chi connectivity index (χ0n) is 22.3. The number of thioether (sulfide) groups is 1. The highest BCUT2D eigenvalue weighted by atomic mass is 32.2. The van der Waals surface area contributed by atoms with Gasteiger partial charge in [0.15, 0.2) is 0 Å². The van der Waals surface area contributed by atoms with Crippen LogP contribution in [0.3, 0.4) is 0 Å². The number of hydrogen-bond acceptors (Lipinski definition) is 3. The molecule has 0 bridgehead atoms. The standard InChI is InChI=1S/C35H23BF2N2S2/c37-36(38)40-32(19-21-34(40)42-30-17-15-25-9-5-7-13-28(25)23-30)35(26-10-2-1-3-11-26)31-18-20-33(39-31)41-29-16-14-24-8-4-6-12-27(24)22-29/h1-23H. The van der Waals surface area contributed by atoms with Crippen LogP contribution in [-0.4, -0.2) is 16.9 Å². The summed E-state index contributed by atoms with van der Waals surface area (Å²) < 4.78 is 30.7. The summed E-state index contributed by atoms with van der Waals surface area (Å²) in [5, 5.41) is 5.83. The lowest BCUT2D eigenvalue weighted by Gasteiger charge is -2.15. The van der Waals surface area contributed by atoms with Crippen molar-refractivity contribution in [2.24, 2.45) is 4.99 Å². The SMILES string of the molecule is FB(F)n1c(Sc2ccc3ccccc3c2)ccc1C(=C1C=CC(Sc2ccc3ccccc3c2)=N1)c1ccccc1. The molecule has 1 aliphatic heterocycles. The summed E-state index contributed by atoms with van der Waals surface area (Å²) in [6.45, 7) is 0. The van der Waals surface area contributed by atoms with Gasteiger partial charge < -0.3 is 4.48 Å². The summed E-state index contributed by atoms with van der Waals surface area (Å²) in [5.74, 6) is 0. The molecule has 1 aliphatic rings. The van der Waals surface area contributed by atoms with Crippen molar-refractivity contribution in [2.45, 2.75) is 14.8 Å². The fourth-order valence-corrected chi connectivity index (χ4v) is 7.01. The normalized spacial score (nSPS) is 14.0. The van der Waals surface area contributed by atoms with Gasteiger partial charge in [0.1, 0.15) is 5.04 Å². The number of halogens is 2. The zero-order valence-corrected chi connectivity index (χ0v) is 24.0. The molecule has 7 rings (SSSR count). The Morgan fingerprint density at radius 2 is 1.19 bits per heavy atom. The van der Waals surface area contributed by atoms with Crippen LogP contribution in [0, 0.1) is 0 Å². The van der Waals surface area contributed by atoms with Crippen LogP contribution >= 0.6 is 23.5 Å². The van der Waals surface area contributed by atoms with E-state index in [4.69, 9.17) is 4.99 Å². The minimum atomic E-state index is -2.72. The van der Waals surface area contributed by atoms with Gasteiger partial charge in [-0.05, 0) is 75.7 Å². The molecule has 0 aliphatic carbocycles. The predicted octanol–water partition coefficient (Wildman–Crippen LogP) is 10.2. The van der Waals surface area contributed by atoms with Crippen molar-refractivity contribution >= 4 is 63.1 Å². The van der Waals surface area contributed by atoms with Crippen LogP contribution in [0.15, 0.2) is 165 Å². The van der Waals surface area contributed by atoms with E-state index in [-0.39, 0.29) is 0 Å². The monoisotopic (exact) mass is 584 g/mol. The Morgan fingerprint density at radius 3 is 1.83 bits per heavy atom. The van der Waals surface area contributed by atoms with Gasteiger partial charge in [-0.2, -0.15) is 0 Å². The number of aromatic nitrogens is 1. The molecule has 0 atom stereocenters. The highest BCUT2D eigenvalue weighted by Gasteiger charge is 2.28. The molecule has 6 aromatic rings. The second-order valence-electron chi connectivity index (χ2n) is 9.84. The molecule has 0 fully saturated rings. The minimum absolute atomic E-state index is 0.430. The Morgan fingerprint density at radius 1 is 0.595 bits per heavy atom. The number of benzene rings is 5. The number of rotatable bonds is 6. The lowest BCUT2D eigenvalue weighted by Crippen LogP contribution is -2.17. The third-order valence-electron chi connectivity index (χ3n) is 7.15. The van der Waals surface area contributed by atoms with Gasteiger partial charge in [0.2, 0.25) is 0 Å². The van der Waals surface area contributed by atoms with E-state index in [1.165, 1.54) is 17.1 Å². The Balaban J connectivity index is 1.28. The first-order valence-electron chi connectivity index (χ1n) is 13.5. The topological polar surface area (TPSA) is 17.3 Å². The van der Waals surface area contributed by atoms with Gasteiger partial charge in [-0.25, -0.2) is 4.99 Å². The summed E-state index contributed by atoms with van der Waals surface area (Å²) in [6, 6.07) is 41.9. The fourth-order valence-electron chi connectivity index (χ4n) is 5.19. The van der Waals surface area contributed by atoms with Crippen molar-refractivity contribution in [1.82, 2.24) is 4.48 Å². The van der Waals surface area contributed by atoms with Crippen molar-refractivity contribution < 1.29 is 8.63 Å². The van der Waals surface area contributed by atoms with Crippen LogP contribution in [0.4, 0.5) is 8.63 Å². The summed E-state index contributed by atoms with van der Waals surface area (Å²) in [7, 11) is -2.72. The molecular formula is C35H23BF2N2S2. The highest BCUT2D eigenvalue weighted by molar-refractivity contribution is 8.14. The number of aliphatic imine (C=N–C) groups is 1. The third kappa shape index (κ3) is 5.33. The number of allylic oxidation sites excluding steroid dienone is 1. The molecule has 0 N–H and O–H groups in total. The molecule has 0 radical (unpaired) electrons. The summed E-state index contributed by atoms with van der Waals surface area (Å²) in [6.07, 6.45) is 3.88. The summed E-state index contributed by atoms with van der Waals surface area (Å²) >= 11 is 2.90. The first kappa shape index (κ1) is 26.6. The quantitative estimate of drug-likeness (QED) is 0.181. The van der Waals surface area contributed by atoms with E-state index in [0.29, 0.717) is 22.0 Å². The predicted molar refractivity (Wildman–Crippen MR) is 175 cm³/mol. The summed E-state index contributed by atoms with van der Waals surface area (Å²) in [5.41, 5.74) is 2.60. The molecule has 2 nitrogen and oxygen atoms in total. The van der Waals surface area contributed by atoms with E-state index in [1.807, 2.05) is 97.1 Å². The maximum absolute atomic E-state index is 14.8. The Labute approximate surface area is 251 Å². The lowest BCUT2D eigenvalue weighted by molar-refractivity contribution is 0.615. The first-order valence-corrected chi connectivity index (χ1v) is 15.2. The number of nitrogens with zero attached hydrogens (tertiary/aromatic N) is 2. The van der Waals surface area contributed by atoms with Crippen LogP contribution in [0.25, 0.3) is 27.1 Å². The Bertz CT molecular complexity index is 2030. The van der Waals surface area contributed by atoms with Gasteiger partial charge in [-0.15, -0.1) is 0 Å². The minimum Gasteiger partial charge on any atom is -0.319 e. The van der Waals surface area contributed by atoms with Gasteiger partial charge in [-0.1, -0.05) is 115 Å². The second-order valence-corrected chi connectivity index (χ2v) is 12.0. The number of fused-ring (bicyclic) bond motifs is 2. The molecule has 42 heavy (non-hydrogen) atoms. The summed E-state index contributed by atoms with van der Waals surface area (Å²) in [4.78, 5) is 6.91. The van der Waals surface area contributed by atoms with E-state index in [2.05, 4.69) is 30.3 Å². The maximum Gasteiger partial charge on any atom is 0.678 e. The van der Waals surface area contributed by atoms with Gasteiger partial charge in [0.25, 0.3) is 0 Å². The van der Waals surface area contributed by atoms with Crippen LogP contribution in [0.2, 0.25) is 0 Å². The maximum atomic E-state index is 14.8. The molecule has 1 aromatic heterocycles. The second kappa shape index (κ2) is 11.5. The molecular weight excluding hydrogens is 561 g/mol. The molecule has 0 unspecified atom stereocenters. The van der Waals surface area contributed by atoms with Gasteiger partial charge in [-0.3, -0.25) is 8.63 Å². The highest BCUT2D eigenvalue weighted by Crippen LogP contribution is 2.38. The van der Waals surface area contributed by atoms with Gasteiger partial charge in [0.05, 0.1) is 10.7 Å². The molecule has 0 amide bonds. The van der Waals surface area contributed by atoms with Gasteiger partial charge >= 0.3 is 7.40 Å². The van der Waals surface area contributed by atoms with Crippen LogP contribution in [0.5, 0.6) is 0 Å². The van der Waals surface area contributed by atoms with Crippen LogP contribution < -0.4 is 0 Å². The van der Waals surface area contributed by atoms with Crippen molar-refractivity contribution in [3.63, 3.8) is 0 Å². The van der Waals surface area contributed by atoms with E-state index >= 15 is 0 Å². The van der Waals surface area contributed by atoms with Crippen molar-refractivity contribution in [1.29, 1.82) is 0 Å². The average molecular weight is 585 g/mol. The van der Waals surface area contributed by atoms with E-state index in [9.17, 15) is 8.63 Å². The molecule has 0 saturated heterocycles. The largest absolute Gasteiger partial charge is 0.678 e. The smallest absolute Gasteiger partial charge is 0.319 e. The number of hydrogen-bond donors (Lipinski definition) is 0. The Kier molecular flexibility index (Phi) is 7.28. The lowest BCUT2D eigenvalue weighted by atomic mass is 9.99. The molecule has 7 heteroatoms. The zero-order chi connectivity index (χ0) is 28.5. The van der Waals surface area contributed by atoms with Gasteiger partial charge in [0, 0.05) is 21.1 Å². The molecule has 5 aromatic carbocycles. The molecule has 202 valence electrons. The van der Waals surface area contributed by atoms with E-state index < -0.39 is 7.40 Å². The van der Waals surface area contributed by atoms with Crippen LogP contribution in [-0.2, 0) is 0 Å². The first-order chi connectivity index (χ1) is 20.6. The Hall–Kier alpha value is -4.33. The molecule has 0 saturated carbocycles. The van der Waals surface area contributed by atoms with Crippen molar-refractivity contribution in [2.75, 3.05) is 0 Å². The third-order valence-corrected chi connectivity index (χ3v) is 9.11. The molecule has 0 spiro atoms. The average Bonchev–Trinajstić information content (AvgIpc) is 3.65. The van der Waals surface area contributed by atoms with Crippen molar-refractivity contribution in [3.8, 4) is 0 Å².